The summed E-state index contributed by atoms with van der Waals surface area (Å²) in [6.07, 6.45) is 6.29. The van der Waals surface area contributed by atoms with Gasteiger partial charge < -0.3 is 4.90 Å². The number of hydrogen-bond acceptors (Lipinski definition) is 6. The normalized spacial score (nSPS) is 18.7. The van der Waals surface area contributed by atoms with Crippen LogP contribution in [0, 0.1) is 6.92 Å². The van der Waals surface area contributed by atoms with Crippen LogP contribution in [0.1, 0.15) is 18.4 Å². The highest BCUT2D eigenvalue weighted by Crippen LogP contribution is 2.24. The lowest BCUT2D eigenvalue weighted by Gasteiger charge is -2.25. The second-order valence-corrected chi connectivity index (χ2v) is 5.45. The van der Waals surface area contributed by atoms with Crippen molar-refractivity contribution >= 4 is 11.5 Å². The van der Waals surface area contributed by atoms with Crippen molar-refractivity contribution in [3.05, 3.63) is 30.1 Å². The van der Waals surface area contributed by atoms with E-state index in [0.717, 1.165) is 25.3 Å². The Bertz CT molecular complexity index is 760. The standard InChI is InChI=1S/C13H16N8/c1-10-7-14-19(8-10)9-11-3-2-6-20(11)13-5-4-12-15-17-18-21(12)16-13/h4-5,7-8,11H,2-3,6,9H2,1H3/t11-/m1/s1. The fourth-order valence-electron chi connectivity index (χ4n) is 2.90. The summed E-state index contributed by atoms with van der Waals surface area (Å²) in [4.78, 5) is 2.32. The molecular weight excluding hydrogens is 268 g/mol. The van der Waals surface area contributed by atoms with Gasteiger partial charge in [0.05, 0.1) is 18.8 Å². The summed E-state index contributed by atoms with van der Waals surface area (Å²) in [5.74, 6) is 0.918. The topological polar surface area (TPSA) is 77.0 Å². The van der Waals surface area contributed by atoms with Crippen molar-refractivity contribution in [2.75, 3.05) is 11.4 Å². The predicted molar refractivity (Wildman–Crippen MR) is 75.9 cm³/mol. The summed E-state index contributed by atoms with van der Waals surface area (Å²) in [7, 11) is 0. The molecule has 21 heavy (non-hydrogen) atoms. The molecule has 0 bridgehead atoms. The third-order valence-corrected chi connectivity index (χ3v) is 3.89. The Morgan fingerprint density at radius 1 is 1.33 bits per heavy atom. The molecule has 3 aromatic heterocycles. The molecule has 0 N–H and O–H groups in total. The first kappa shape index (κ1) is 12.2. The minimum Gasteiger partial charge on any atom is -0.350 e. The van der Waals surface area contributed by atoms with Crippen LogP contribution in [0.25, 0.3) is 5.65 Å². The zero-order valence-corrected chi connectivity index (χ0v) is 11.8. The summed E-state index contributed by atoms with van der Waals surface area (Å²) in [5, 5.41) is 20.2. The monoisotopic (exact) mass is 284 g/mol. The van der Waals surface area contributed by atoms with Crippen LogP contribution >= 0.6 is 0 Å². The summed E-state index contributed by atoms with van der Waals surface area (Å²) < 4.78 is 3.48. The van der Waals surface area contributed by atoms with Crippen molar-refractivity contribution in [1.82, 2.24) is 35.0 Å². The zero-order valence-electron chi connectivity index (χ0n) is 11.8. The van der Waals surface area contributed by atoms with Crippen LogP contribution in [0.3, 0.4) is 0 Å². The van der Waals surface area contributed by atoms with Gasteiger partial charge in [-0.25, -0.2) is 0 Å². The van der Waals surface area contributed by atoms with Crippen molar-refractivity contribution in [1.29, 1.82) is 0 Å². The maximum atomic E-state index is 4.49. The van der Waals surface area contributed by atoms with E-state index in [0.29, 0.717) is 11.7 Å². The molecule has 0 amide bonds. The Morgan fingerprint density at radius 3 is 3.14 bits per heavy atom. The fourth-order valence-corrected chi connectivity index (χ4v) is 2.90. The Morgan fingerprint density at radius 2 is 2.29 bits per heavy atom. The van der Waals surface area contributed by atoms with E-state index in [1.807, 2.05) is 23.0 Å². The number of anilines is 1. The number of fused-ring (bicyclic) bond motifs is 1. The summed E-state index contributed by atoms with van der Waals surface area (Å²) in [6, 6.07) is 4.29. The summed E-state index contributed by atoms with van der Waals surface area (Å²) in [6.45, 7) is 3.94. The van der Waals surface area contributed by atoms with Crippen molar-refractivity contribution in [3.8, 4) is 0 Å². The molecule has 0 saturated carbocycles. The van der Waals surface area contributed by atoms with E-state index in [4.69, 9.17) is 0 Å². The van der Waals surface area contributed by atoms with Gasteiger partial charge in [0.1, 0.15) is 0 Å². The van der Waals surface area contributed by atoms with Crippen LogP contribution in [-0.2, 0) is 6.54 Å². The van der Waals surface area contributed by atoms with Gasteiger partial charge in [-0.15, -0.1) is 14.8 Å². The molecule has 0 radical (unpaired) electrons. The number of aromatic nitrogens is 7. The highest BCUT2D eigenvalue weighted by Gasteiger charge is 2.26. The molecule has 4 rings (SSSR count). The lowest BCUT2D eigenvalue weighted by Crippen LogP contribution is -2.34. The smallest absolute Gasteiger partial charge is 0.200 e. The molecule has 0 aliphatic carbocycles. The van der Waals surface area contributed by atoms with Crippen LogP contribution in [0.4, 0.5) is 5.82 Å². The predicted octanol–water partition coefficient (Wildman–Crippen LogP) is 0.693. The Labute approximate surface area is 121 Å². The molecule has 1 aliphatic rings. The lowest BCUT2D eigenvalue weighted by molar-refractivity contribution is 0.505. The Hall–Kier alpha value is -2.51. The molecular formula is C13H16N8. The van der Waals surface area contributed by atoms with Gasteiger partial charge >= 0.3 is 0 Å². The molecule has 1 atom stereocenters. The number of nitrogens with zero attached hydrogens (tertiary/aromatic N) is 8. The zero-order chi connectivity index (χ0) is 14.2. The van der Waals surface area contributed by atoms with Gasteiger partial charge in [-0.05, 0) is 47.9 Å². The van der Waals surface area contributed by atoms with E-state index in [-0.39, 0.29) is 0 Å². The Balaban J connectivity index is 1.60. The van der Waals surface area contributed by atoms with E-state index in [2.05, 4.69) is 43.7 Å². The minimum atomic E-state index is 0.408. The highest BCUT2D eigenvalue weighted by molar-refractivity contribution is 5.45. The van der Waals surface area contributed by atoms with Crippen molar-refractivity contribution < 1.29 is 0 Å². The number of rotatable bonds is 3. The summed E-state index contributed by atoms with van der Waals surface area (Å²) >= 11 is 0. The second kappa shape index (κ2) is 4.80. The third-order valence-electron chi connectivity index (χ3n) is 3.89. The molecule has 0 unspecified atom stereocenters. The van der Waals surface area contributed by atoms with Gasteiger partial charge in [-0.3, -0.25) is 4.68 Å². The molecule has 4 heterocycles. The first-order chi connectivity index (χ1) is 10.3. The summed E-state index contributed by atoms with van der Waals surface area (Å²) in [5.41, 5.74) is 1.85. The van der Waals surface area contributed by atoms with Crippen molar-refractivity contribution in [3.63, 3.8) is 0 Å². The van der Waals surface area contributed by atoms with Crippen LogP contribution < -0.4 is 4.90 Å². The molecule has 3 aromatic rings. The SMILES string of the molecule is Cc1cnn(C[C@H]2CCCN2c2ccc3nnnn3n2)c1. The quantitative estimate of drug-likeness (QED) is 0.704. The number of hydrogen-bond donors (Lipinski definition) is 0. The van der Waals surface area contributed by atoms with Crippen LogP contribution in [0.15, 0.2) is 24.5 Å². The van der Waals surface area contributed by atoms with Crippen molar-refractivity contribution in [2.45, 2.75) is 32.4 Å². The third kappa shape index (κ3) is 2.22. The molecule has 8 nitrogen and oxygen atoms in total. The number of aryl methyl sites for hydroxylation is 1. The molecule has 8 heteroatoms. The molecule has 0 aromatic carbocycles. The maximum absolute atomic E-state index is 4.49. The maximum Gasteiger partial charge on any atom is 0.200 e. The minimum absolute atomic E-state index is 0.408. The molecule has 0 spiro atoms. The van der Waals surface area contributed by atoms with Gasteiger partial charge in [0.25, 0.3) is 0 Å². The van der Waals surface area contributed by atoms with E-state index in [1.54, 1.807) is 0 Å². The number of tetrazole rings is 1. The van der Waals surface area contributed by atoms with Crippen LogP contribution in [-0.4, -0.2) is 47.6 Å². The lowest BCUT2D eigenvalue weighted by atomic mass is 10.2. The van der Waals surface area contributed by atoms with E-state index < -0.39 is 0 Å². The Kier molecular flexibility index (Phi) is 2.80. The average molecular weight is 284 g/mol. The van der Waals surface area contributed by atoms with E-state index in [1.165, 1.54) is 16.6 Å². The van der Waals surface area contributed by atoms with Gasteiger partial charge in [0.15, 0.2) is 11.5 Å². The van der Waals surface area contributed by atoms with E-state index >= 15 is 0 Å². The molecule has 108 valence electrons. The fraction of sp³-hybridized carbons (Fsp3) is 0.462. The van der Waals surface area contributed by atoms with E-state index in [9.17, 15) is 0 Å². The molecule has 1 fully saturated rings. The van der Waals surface area contributed by atoms with Gasteiger partial charge in [0, 0.05) is 12.7 Å². The molecule has 1 aliphatic heterocycles. The van der Waals surface area contributed by atoms with Gasteiger partial charge in [-0.2, -0.15) is 5.10 Å². The first-order valence-corrected chi connectivity index (χ1v) is 7.11. The van der Waals surface area contributed by atoms with Gasteiger partial charge in [-0.1, -0.05) is 0 Å². The average Bonchev–Trinajstić information content (AvgIpc) is 3.19. The van der Waals surface area contributed by atoms with Crippen molar-refractivity contribution in [2.24, 2.45) is 0 Å². The highest BCUT2D eigenvalue weighted by atomic mass is 15.6. The van der Waals surface area contributed by atoms with Crippen LogP contribution in [0.5, 0.6) is 0 Å². The first-order valence-electron chi connectivity index (χ1n) is 7.11. The second-order valence-electron chi connectivity index (χ2n) is 5.45. The van der Waals surface area contributed by atoms with Gasteiger partial charge in [0.2, 0.25) is 0 Å². The molecule has 1 saturated heterocycles. The van der Waals surface area contributed by atoms with Crippen LogP contribution in [0.2, 0.25) is 0 Å². The largest absolute Gasteiger partial charge is 0.350 e.